The van der Waals surface area contributed by atoms with Crippen LogP contribution in [0.4, 0.5) is 0 Å². The molecule has 0 unspecified atom stereocenters. The van der Waals surface area contributed by atoms with Crippen molar-refractivity contribution in [3.05, 3.63) is 54.1 Å². The summed E-state index contributed by atoms with van der Waals surface area (Å²) in [6, 6.07) is 15.0. The summed E-state index contributed by atoms with van der Waals surface area (Å²) < 4.78 is 15.7. The normalized spacial score (nSPS) is 13.1. The van der Waals surface area contributed by atoms with E-state index < -0.39 is 12.1 Å². The maximum absolute atomic E-state index is 12.1. The third-order valence-electron chi connectivity index (χ3n) is 3.68. The Morgan fingerprint density at radius 2 is 1.92 bits per heavy atom. The fourth-order valence-corrected chi connectivity index (χ4v) is 3.03. The number of carbonyl (C=O) groups excluding carboxylic acids is 2. The molecule has 0 aromatic heterocycles. The molecule has 1 atom stereocenters. The SMILES string of the molecule is C[C@@H](OC(=O)CSc1ccccc1)C(=O)NCc1ccc2c(c1)OCO2. The average molecular weight is 373 g/mol. The summed E-state index contributed by atoms with van der Waals surface area (Å²) >= 11 is 1.37. The van der Waals surface area contributed by atoms with E-state index in [0.29, 0.717) is 18.0 Å². The van der Waals surface area contributed by atoms with Gasteiger partial charge in [-0.1, -0.05) is 24.3 Å². The molecule has 2 aromatic rings. The number of fused-ring (bicyclic) bond motifs is 1. The van der Waals surface area contributed by atoms with Crippen LogP contribution in [0.2, 0.25) is 0 Å². The van der Waals surface area contributed by atoms with Gasteiger partial charge in [0.2, 0.25) is 6.79 Å². The van der Waals surface area contributed by atoms with E-state index in [1.807, 2.05) is 42.5 Å². The molecule has 0 saturated heterocycles. The first-order chi connectivity index (χ1) is 12.6. The first-order valence-electron chi connectivity index (χ1n) is 8.15. The van der Waals surface area contributed by atoms with Crippen LogP contribution in [0.5, 0.6) is 11.5 Å². The molecule has 7 heteroatoms. The van der Waals surface area contributed by atoms with Crippen molar-refractivity contribution in [3.8, 4) is 11.5 Å². The van der Waals surface area contributed by atoms with Gasteiger partial charge in [0.1, 0.15) is 0 Å². The van der Waals surface area contributed by atoms with Gasteiger partial charge < -0.3 is 19.5 Å². The number of thioether (sulfide) groups is 1. The van der Waals surface area contributed by atoms with Crippen LogP contribution in [0.15, 0.2) is 53.4 Å². The quantitative estimate of drug-likeness (QED) is 0.594. The van der Waals surface area contributed by atoms with Gasteiger partial charge in [0.05, 0.1) is 5.75 Å². The lowest BCUT2D eigenvalue weighted by molar-refractivity contribution is -0.152. The zero-order valence-corrected chi connectivity index (χ0v) is 15.1. The number of hydrogen-bond donors (Lipinski definition) is 1. The Kier molecular flexibility index (Phi) is 6.01. The van der Waals surface area contributed by atoms with Gasteiger partial charge in [-0.2, -0.15) is 0 Å². The third kappa shape index (κ3) is 4.92. The van der Waals surface area contributed by atoms with Gasteiger partial charge in [-0.05, 0) is 36.8 Å². The fourth-order valence-electron chi connectivity index (χ4n) is 2.33. The molecule has 2 aromatic carbocycles. The second-order valence-electron chi connectivity index (χ2n) is 5.64. The number of amides is 1. The molecule has 1 N–H and O–H groups in total. The van der Waals surface area contributed by atoms with Crippen molar-refractivity contribution in [2.45, 2.75) is 24.5 Å². The Morgan fingerprint density at radius 1 is 1.15 bits per heavy atom. The highest BCUT2D eigenvalue weighted by Gasteiger charge is 2.18. The number of hydrogen-bond acceptors (Lipinski definition) is 6. The smallest absolute Gasteiger partial charge is 0.317 e. The van der Waals surface area contributed by atoms with Crippen LogP contribution in [0.1, 0.15) is 12.5 Å². The summed E-state index contributed by atoms with van der Waals surface area (Å²) in [7, 11) is 0. The first-order valence-corrected chi connectivity index (χ1v) is 9.14. The highest BCUT2D eigenvalue weighted by atomic mass is 32.2. The molecule has 0 spiro atoms. The largest absolute Gasteiger partial charge is 0.454 e. The van der Waals surface area contributed by atoms with E-state index >= 15 is 0 Å². The van der Waals surface area contributed by atoms with Crippen LogP contribution in [0, 0.1) is 0 Å². The Bertz CT molecular complexity index is 781. The highest BCUT2D eigenvalue weighted by molar-refractivity contribution is 8.00. The zero-order valence-electron chi connectivity index (χ0n) is 14.3. The molecule has 6 nitrogen and oxygen atoms in total. The Morgan fingerprint density at radius 3 is 2.73 bits per heavy atom. The van der Waals surface area contributed by atoms with Crippen LogP contribution >= 0.6 is 11.8 Å². The number of benzene rings is 2. The van der Waals surface area contributed by atoms with E-state index in [-0.39, 0.29) is 18.5 Å². The van der Waals surface area contributed by atoms with Crippen molar-refractivity contribution in [3.63, 3.8) is 0 Å². The van der Waals surface area contributed by atoms with E-state index in [0.717, 1.165) is 10.5 Å². The van der Waals surface area contributed by atoms with Gasteiger partial charge in [0.15, 0.2) is 17.6 Å². The molecule has 1 aliphatic heterocycles. The summed E-state index contributed by atoms with van der Waals surface area (Å²) in [6.07, 6.45) is -0.854. The van der Waals surface area contributed by atoms with Crippen LogP contribution in [0.3, 0.4) is 0 Å². The molecular formula is C19H19NO5S. The summed E-state index contributed by atoms with van der Waals surface area (Å²) in [5, 5.41) is 2.75. The Labute approximate surface area is 155 Å². The number of nitrogens with one attached hydrogen (secondary N) is 1. The summed E-state index contributed by atoms with van der Waals surface area (Å²) in [5.41, 5.74) is 0.876. The van der Waals surface area contributed by atoms with Crippen LogP contribution in [-0.2, 0) is 20.9 Å². The topological polar surface area (TPSA) is 73.9 Å². The molecule has 26 heavy (non-hydrogen) atoms. The maximum atomic E-state index is 12.1. The Balaban J connectivity index is 1.42. The van der Waals surface area contributed by atoms with Gasteiger partial charge in [0.25, 0.3) is 5.91 Å². The number of esters is 1. The molecule has 1 amide bonds. The minimum absolute atomic E-state index is 0.157. The number of rotatable bonds is 7. The second-order valence-corrected chi connectivity index (χ2v) is 6.69. The minimum atomic E-state index is -0.854. The Hall–Kier alpha value is -2.67. The van der Waals surface area contributed by atoms with Crippen molar-refractivity contribution in [1.29, 1.82) is 0 Å². The monoisotopic (exact) mass is 373 g/mol. The van der Waals surface area contributed by atoms with Crippen molar-refractivity contribution in [2.75, 3.05) is 12.5 Å². The van der Waals surface area contributed by atoms with Crippen molar-refractivity contribution in [2.24, 2.45) is 0 Å². The zero-order chi connectivity index (χ0) is 18.4. The van der Waals surface area contributed by atoms with Gasteiger partial charge >= 0.3 is 5.97 Å². The van der Waals surface area contributed by atoms with E-state index in [1.165, 1.54) is 11.8 Å². The molecule has 3 rings (SSSR count). The van der Waals surface area contributed by atoms with Gasteiger partial charge in [-0.15, -0.1) is 11.8 Å². The third-order valence-corrected chi connectivity index (χ3v) is 4.67. The molecule has 0 saturated carbocycles. The lowest BCUT2D eigenvalue weighted by atomic mass is 10.2. The van der Waals surface area contributed by atoms with Crippen molar-refractivity contribution in [1.82, 2.24) is 5.32 Å². The summed E-state index contributed by atoms with van der Waals surface area (Å²) in [4.78, 5) is 25.0. The van der Waals surface area contributed by atoms with Crippen molar-refractivity contribution < 1.29 is 23.8 Å². The second kappa shape index (κ2) is 8.62. The summed E-state index contributed by atoms with van der Waals surface area (Å²) in [5.74, 6) is 0.738. The van der Waals surface area contributed by atoms with Crippen LogP contribution < -0.4 is 14.8 Å². The molecule has 136 valence electrons. The van der Waals surface area contributed by atoms with Crippen LogP contribution in [-0.4, -0.2) is 30.5 Å². The van der Waals surface area contributed by atoms with E-state index in [9.17, 15) is 9.59 Å². The lowest BCUT2D eigenvalue weighted by Crippen LogP contribution is -2.35. The van der Waals surface area contributed by atoms with Gasteiger partial charge in [-0.3, -0.25) is 9.59 Å². The minimum Gasteiger partial charge on any atom is -0.454 e. The summed E-state index contributed by atoms with van der Waals surface area (Å²) in [6.45, 7) is 2.08. The van der Waals surface area contributed by atoms with Gasteiger partial charge in [-0.25, -0.2) is 0 Å². The molecule has 1 aliphatic rings. The number of ether oxygens (including phenoxy) is 3. The van der Waals surface area contributed by atoms with E-state index in [2.05, 4.69) is 5.32 Å². The predicted molar refractivity (Wildman–Crippen MR) is 97.1 cm³/mol. The van der Waals surface area contributed by atoms with Crippen molar-refractivity contribution >= 4 is 23.6 Å². The molecular weight excluding hydrogens is 354 g/mol. The molecule has 1 heterocycles. The van der Waals surface area contributed by atoms with E-state index in [1.54, 1.807) is 13.0 Å². The number of carbonyl (C=O) groups is 2. The van der Waals surface area contributed by atoms with E-state index in [4.69, 9.17) is 14.2 Å². The fraction of sp³-hybridized carbons (Fsp3) is 0.263. The molecule has 0 bridgehead atoms. The van der Waals surface area contributed by atoms with Gasteiger partial charge in [0, 0.05) is 11.4 Å². The molecule has 0 fully saturated rings. The van der Waals surface area contributed by atoms with Crippen LogP contribution in [0.25, 0.3) is 0 Å². The molecule has 0 aliphatic carbocycles. The lowest BCUT2D eigenvalue weighted by Gasteiger charge is -2.13. The molecule has 0 radical (unpaired) electrons. The highest BCUT2D eigenvalue weighted by Crippen LogP contribution is 2.32. The first kappa shape index (κ1) is 18.1. The average Bonchev–Trinajstić information content (AvgIpc) is 3.13. The standard InChI is InChI=1S/C19H19NO5S/c1-13(25-18(21)11-26-15-5-3-2-4-6-15)19(22)20-10-14-7-8-16-17(9-14)24-12-23-16/h2-9,13H,10-12H2,1H3,(H,20,22)/t13-/m1/s1. The maximum Gasteiger partial charge on any atom is 0.317 e. The predicted octanol–water partition coefficient (Wildman–Crippen LogP) is 2.76.